The van der Waals surface area contributed by atoms with E-state index in [1.807, 2.05) is 74.8 Å². The summed E-state index contributed by atoms with van der Waals surface area (Å²) in [6, 6.07) is 16.0. The Bertz CT molecular complexity index is 1070. The number of aromatic hydroxyl groups is 1. The molecule has 0 saturated heterocycles. The lowest BCUT2D eigenvalue weighted by molar-refractivity contribution is 0.427. The first-order chi connectivity index (χ1) is 12.1. The van der Waals surface area contributed by atoms with Crippen LogP contribution in [-0.4, -0.2) is 15.9 Å². The topological polar surface area (TPSA) is 49.9 Å². The second-order valence-corrected chi connectivity index (χ2v) is 6.96. The van der Waals surface area contributed by atoms with Crippen LogP contribution in [0.25, 0.3) is 11.6 Å². The molecule has 0 bridgehead atoms. The van der Waals surface area contributed by atoms with Crippen LogP contribution in [0.5, 0.6) is 5.88 Å². The van der Waals surface area contributed by atoms with E-state index in [1.54, 1.807) is 4.57 Å². The van der Waals surface area contributed by atoms with Crippen molar-refractivity contribution in [2.75, 3.05) is 0 Å². The Morgan fingerprint density at radius 1 is 1.12 bits per heavy atom. The summed E-state index contributed by atoms with van der Waals surface area (Å²) in [5.74, 6) is 0.209. The maximum absolute atomic E-state index is 10.5. The van der Waals surface area contributed by atoms with E-state index in [0.29, 0.717) is 0 Å². The molecule has 1 aromatic heterocycles. The third-order valence-electron chi connectivity index (χ3n) is 4.13. The number of nitrogens with zero attached hydrogens (tertiary/aromatic N) is 3. The minimum Gasteiger partial charge on any atom is -0.493 e. The van der Waals surface area contributed by atoms with E-state index in [2.05, 4.69) is 9.98 Å². The van der Waals surface area contributed by atoms with Crippen LogP contribution in [0.1, 0.15) is 16.0 Å². The van der Waals surface area contributed by atoms with Crippen molar-refractivity contribution in [1.29, 1.82) is 0 Å². The fourth-order valence-electron chi connectivity index (χ4n) is 2.69. The van der Waals surface area contributed by atoms with Gasteiger partial charge in [-0.3, -0.25) is 9.56 Å². The van der Waals surface area contributed by atoms with Crippen LogP contribution in [0.4, 0.5) is 11.4 Å². The Kier molecular flexibility index (Phi) is 3.86. The number of hydrogen-bond donors (Lipinski definition) is 1. The van der Waals surface area contributed by atoms with Gasteiger partial charge in [0.25, 0.3) is 0 Å². The standard InChI is InChI=1S/C20H17N3OS/c1-13-7-9-15(10-8-13)22-20-23(2)19(24)18(25-20)11-14-12-21-17-6-4-3-5-16(14)17/h3-12,24H,1-2H3/b14-11-,22-20?. The van der Waals surface area contributed by atoms with Gasteiger partial charge >= 0.3 is 0 Å². The Morgan fingerprint density at radius 3 is 2.68 bits per heavy atom. The van der Waals surface area contributed by atoms with Gasteiger partial charge in [-0.2, -0.15) is 0 Å². The van der Waals surface area contributed by atoms with Crippen molar-refractivity contribution in [1.82, 2.24) is 4.57 Å². The first-order valence-corrected chi connectivity index (χ1v) is 8.79. The number of aryl methyl sites for hydroxylation is 1. The lowest BCUT2D eigenvalue weighted by atomic mass is 10.1. The van der Waals surface area contributed by atoms with Crippen LogP contribution in [0, 0.1) is 6.92 Å². The molecule has 0 amide bonds. The van der Waals surface area contributed by atoms with E-state index in [9.17, 15) is 5.11 Å². The average molecular weight is 347 g/mol. The summed E-state index contributed by atoms with van der Waals surface area (Å²) in [6.07, 6.45) is 3.80. The zero-order valence-electron chi connectivity index (χ0n) is 14.0. The van der Waals surface area contributed by atoms with Gasteiger partial charge in [0.2, 0.25) is 5.88 Å². The van der Waals surface area contributed by atoms with Crippen LogP contribution in [0.3, 0.4) is 0 Å². The molecule has 0 fully saturated rings. The van der Waals surface area contributed by atoms with Crippen LogP contribution < -0.4 is 4.80 Å². The summed E-state index contributed by atoms with van der Waals surface area (Å²) in [6.45, 7) is 2.05. The molecule has 1 aliphatic heterocycles. The van der Waals surface area contributed by atoms with Crippen molar-refractivity contribution in [3.63, 3.8) is 0 Å². The molecule has 1 aliphatic rings. The molecule has 0 radical (unpaired) electrons. The fraction of sp³-hybridized carbons (Fsp3) is 0.100. The van der Waals surface area contributed by atoms with Crippen molar-refractivity contribution in [3.05, 3.63) is 69.3 Å². The van der Waals surface area contributed by atoms with E-state index in [4.69, 9.17) is 0 Å². The van der Waals surface area contributed by atoms with Crippen molar-refractivity contribution < 1.29 is 5.11 Å². The molecule has 0 unspecified atom stereocenters. The number of allylic oxidation sites excluding steroid dienone is 1. The summed E-state index contributed by atoms with van der Waals surface area (Å²) in [4.78, 5) is 10.6. The lowest BCUT2D eigenvalue weighted by Gasteiger charge is -1.98. The molecule has 25 heavy (non-hydrogen) atoms. The van der Waals surface area contributed by atoms with Crippen molar-refractivity contribution >= 4 is 40.6 Å². The maximum Gasteiger partial charge on any atom is 0.210 e. The van der Waals surface area contributed by atoms with Gasteiger partial charge in [0.05, 0.1) is 16.3 Å². The molecule has 3 aromatic rings. The second-order valence-electron chi connectivity index (χ2n) is 5.95. The number of hydrogen-bond acceptors (Lipinski definition) is 4. The van der Waals surface area contributed by atoms with Gasteiger partial charge in [0.15, 0.2) is 4.80 Å². The molecule has 4 nitrogen and oxygen atoms in total. The molecule has 2 heterocycles. The Balaban J connectivity index is 1.77. The molecular formula is C20H17N3OS. The van der Waals surface area contributed by atoms with Gasteiger partial charge in [-0.15, -0.1) is 0 Å². The molecule has 0 spiro atoms. The number of benzene rings is 2. The average Bonchev–Trinajstić information content (AvgIpc) is 3.14. The Labute approximate surface area is 149 Å². The Hall–Kier alpha value is -2.92. The normalized spacial score (nSPS) is 15.1. The molecule has 2 aromatic carbocycles. The number of rotatable bonds is 2. The van der Waals surface area contributed by atoms with Crippen LogP contribution in [-0.2, 0) is 7.05 Å². The highest BCUT2D eigenvalue weighted by atomic mass is 32.1. The van der Waals surface area contributed by atoms with Crippen molar-refractivity contribution in [2.24, 2.45) is 17.0 Å². The monoisotopic (exact) mass is 347 g/mol. The quantitative estimate of drug-likeness (QED) is 0.724. The van der Waals surface area contributed by atoms with Crippen LogP contribution in [0.2, 0.25) is 0 Å². The number of para-hydroxylation sites is 1. The summed E-state index contributed by atoms with van der Waals surface area (Å²) in [7, 11) is 1.82. The predicted octanol–water partition coefficient (Wildman–Crippen LogP) is 4.59. The SMILES string of the molecule is Cc1ccc(N=c2sc(/C=C3/C=Nc4ccccc43)c(O)n2C)cc1. The largest absolute Gasteiger partial charge is 0.493 e. The van der Waals surface area contributed by atoms with Crippen LogP contribution >= 0.6 is 11.3 Å². The minimum absolute atomic E-state index is 0.209. The molecule has 4 rings (SSSR count). The first-order valence-electron chi connectivity index (χ1n) is 7.97. The summed E-state index contributed by atoms with van der Waals surface area (Å²) >= 11 is 1.45. The molecule has 5 heteroatoms. The molecule has 0 saturated carbocycles. The number of fused-ring (bicyclic) bond motifs is 1. The van der Waals surface area contributed by atoms with E-state index in [0.717, 1.165) is 32.2 Å². The van der Waals surface area contributed by atoms with Crippen molar-refractivity contribution in [3.8, 4) is 5.88 Å². The predicted molar refractivity (Wildman–Crippen MR) is 104 cm³/mol. The van der Waals surface area contributed by atoms with E-state index >= 15 is 0 Å². The van der Waals surface area contributed by atoms with E-state index in [1.165, 1.54) is 16.9 Å². The van der Waals surface area contributed by atoms with Crippen LogP contribution in [0.15, 0.2) is 58.5 Å². The first kappa shape index (κ1) is 15.6. The highest BCUT2D eigenvalue weighted by Gasteiger charge is 2.14. The highest BCUT2D eigenvalue weighted by Crippen LogP contribution is 2.34. The molecule has 1 N–H and O–H groups in total. The second kappa shape index (κ2) is 6.18. The summed E-state index contributed by atoms with van der Waals surface area (Å²) in [5, 5.41) is 10.5. The minimum atomic E-state index is 0.209. The zero-order chi connectivity index (χ0) is 17.4. The zero-order valence-corrected chi connectivity index (χ0v) is 14.8. The smallest absolute Gasteiger partial charge is 0.210 e. The lowest BCUT2D eigenvalue weighted by Crippen LogP contribution is -2.08. The van der Waals surface area contributed by atoms with E-state index in [-0.39, 0.29) is 5.88 Å². The van der Waals surface area contributed by atoms with Gasteiger partial charge in [0, 0.05) is 24.4 Å². The van der Waals surface area contributed by atoms with Gasteiger partial charge in [0.1, 0.15) is 0 Å². The number of aromatic nitrogens is 1. The maximum atomic E-state index is 10.5. The molecule has 0 aliphatic carbocycles. The molecule has 124 valence electrons. The summed E-state index contributed by atoms with van der Waals surface area (Å²) < 4.78 is 1.70. The number of thiazole rings is 1. The summed E-state index contributed by atoms with van der Waals surface area (Å²) in [5.41, 5.74) is 5.10. The molecular weight excluding hydrogens is 330 g/mol. The van der Waals surface area contributed by atoms with Gasteiger partial charge in [-0.25, -0.2) is 4.99 Å². The van der Waals surface area contributed by atoms with Gasteiger partial charge < -0.3 is 5.11 Å². The highest BCUT2D eigenvalue weighted by molar-refractivity contribution is 7.10. The van der Waals surface area contributed by atoms with E-state index < -0.39 is 0 Å². The van der Waals surface area contributed by atoms with Gasteiger partial charge in [-0.1, -0.05) is 47.2 Å². The molecule has 0 atom stereocenters. The van der Waals surface area contributed by atoms with Gasteiger partial charge in [-0.05, 0) is 31.2 Å². The Morgan fingerprint density at radius 2 is 1.88 bits per heavy atom. The number of aliphatic imine (C=N–C) groups is 1. The van der Waals surface area contributed by atoms with Crippen molar-refractivity contribution in [2.45, 2.75) is 6.92 Å². The fourth-order valence-corrected chi connectivity index (χ4v) is 3.67. The third-order valence-corrected chi connectivity index (χ3v) is 5.20. The third kappa shape index (κ3) is 2.94.